The second-order valence-corrected chi connectivity index (χ2v) is 2.45. The lowest BCUT2D eigenvalue weighted by Crippen LogP contribution is -2.32. The van der Waals surface area contributed by atoms with Gasteiger partial charge in [0.1, 0.15) is 0 Å². The number of nitrogens with two attached hydrogens (primary N) is 1. The highest BCUT2D eigenvalue weighted by atomic mass is 35.5. The van der Waals surface area contributed by atoms with Crippen LogP contribution >= 0.6 is 24.8 Å². The van der Waals surface area contributed by atoms with Crippen LogP contribution in [0.25, 0.3) is 0 Å². The molecule has 5 heteroatoms. The first-order chi connectivity index (χ1) is 3.70. The van der Waals surface area contributed by atoms with Gasteiger partial charge in [-0.2, -0.15) is 0 Å². The van der Waals surface area contributed by atoms with E-state index in [1.54, 1.807) is 0 Å². The van der Waals surface area contributed by atoms with Crippen molar-refractivity contribution in [2.75, 3.05) is 20.1 Å². The standard InChI is InChI=1S/C5H12N2O.2ClH/c1-7-2-4(6)5(8)3-7;;/h4-5,8H,2-3,6H2,1H3;2*1H/t4-,5+;;/m0../s1. The van der Waals surface area contributed by atoms with Gasteiger partial charge in [-0.05, 0) is 7.05 Å². The quantitative estimate of drug-likeness (QED) is 0.538. The molecule has 1 heterocycles. The third-order valence-corrected chi connectivity index (χ3v) is 1.52. The van der Waals surface area contributed by atoms with E-state index >= 15 is 0 Å². The Balaban J connectivity index is 0. The van der Waals surface area contributed by atoms with Crippen molar-refractivity contribution >= 4 is 24.8 Å². The monoisotopic (exact) mass is 188 g/mol. The fourth-order valence-electron chi connectivity index (χ4n) is 1.01. The maximum Gasteiger partial charge on any atom is 0.0830 e. The van der Waals surface area contributed by atoms with Gasteiger partial charge in [-0.15, -0.1) is 24.8 Å². The molecule has 1 fully saturated rings. The summed E-state index contributed by atoms with van der Waals surface area (Å²) in [6.07, 6.45) is -0.306. The molecule has 1 aliphatic heterocycles. The molecule has 1 saturated heterocycles. The molecule has 3 nitrogen and oxygen atoms in total. The zero-order chi connectivity index (χ0) is 6.15. The van der Waals surface area contributed by atoms with Crippen LogP contribution in [0.2, 0.25) is 0 Å². The second-order valence-electron chi connectivity index (χ2n) is 2.45. The van der Waals surface area contributed by atoms with E-state index in [1.807, 2.05) is 11.9 Å². The van der Waals surface area contributed by atoms with Crippen LogP contribution in [0.4, 0.5) is 0 Å². The van der Waals surface area contributed by atoms with Gasteiger partial charge in [-0.25, -0.2) is 0 Å². The SMILES string of the molecule is CN1C[C@@H](O)[C@@H](N)C1.Cl.Cl. The number of hydrogen-bond acceptors (Lipinski definition) is 3. The number of nitrogens with zero attached hydrogens (tertiary/aromatic N) is 1. The summed E-state index contributed by atoms with van der Waals surface area (Å²) in [4.78, 5) is 2.02. The summed E-state index contributed by atoms with van der Waals surface area (Å²) >= 11 is 0. The van der Waals surface area contributed by atoms with E-state index in [0.29, 0.717) is 0 Å². The summed E-state index contributed by atoms with van der Waals surface area (Å²) in [5.41, 5.74) is 5.48. The van der Waals surface area contributed by atoms with Gasteiger partial charge < -0.3 is 15.7 Å². The van der Waals surface area contributed by atoms with Crippen molar-refractivity contribution in [1.82, 2.24) is 4.90 Å². The van der Waals surface area contributed by atoms with Crippen LogP contribution in [0, 0.1) is 0 Å². The van der Waals surface area contributed by atoms with E-state index in [0.717, 1.165) is 13.1 Å². The summed E-state index contributed by atoms with van der Waals surface area (Å²) in [6, 6.07) is -0.0278. The number of halogens is 2. The van der Waals surface area contributed by atoms with Gasteiger partial charge in [-0.3, -0.25) is 0 Å². The van der Waals surface area contributed by atoms with Crippen LogP contribution in [0.1, 0.15) is 0 Å². The van der Waals surface area contributed by atoms with Crippen LogP contribution in [0.5, 0.6) is 0 Å². The molecule has 0 aromatic rings. The molecule has 0 aromatic heterocycles. The van der Waals surface area contributed by atoms with Gasteiger partial charge in [-0.1, -0.05) is 0 Å². The molecule has 1 rings (SSSR count). The Morgan fingerprint density at radius 2 is 1.90 bits per heavy atom. The Labute approximate surface area is 73.4 Å². The number of likely N-dealkylation sites (tertiary alicyclic amines) is 1. The summed E-state index contributed by atoms with van der Waals surface area (Å²) in [5.74, 6) is 0. The van der Waals surface area contributed by atoms with Gasteiger partial charge in [0.25, 0.3) is 0 Å². The summed E-state index contributed by atoms with van der Waals surface area (Å²) in [5, 5.41) is 9.00. The topological polar surface area (TPSA) is 49.5 Å². The third kappa shape index (κ3) is 3.03. The first kappa shape index (κ1) is 13.1. The maximum atomic E-state index is 9.00. The first-order valence-electron chi connectivity index (χ1n) is 2.82. The molecule has 0 aliphatic carbocycles. The molecule has 2 atom stereocenters. The summed E-state index contributed by atoms with van der Waals surface area (Å²) in [7, 11) is 1.95. The lowest BCUT2D eigenvalue weighted by atomic mass is 10.2. The highest BCUT2D eigenvalue weighted by Gasteiger charge is 2.24. The molecular formula is C5H14Cl2N2O. The normalized spacial score (nSPS) is 32.7. The molecule has 0 amide bonds. The largest absolute Gasteiger partial charge is 0.390 e. The highest BCUT2D eigenvalue weighted by molar-refractivity contribution is 5.85. The summed E-state index contributed by atoms with van der Waals surface area (Å²) in [6.45, 7) is 1.54. The Bertz CT molecular complexity index is 83.7. The van der Waals surface area contributed by atoms with Gasteiger partial charge in [0.05, 0.1) is 6.10 Å². The number of hydrogen-bond donors (Lipinski definition) is 2. The van der Waals surface area contributed by atoms with Crippen molar-refractivity contribution in [1.29, 1.82) is 0 Å². The Kier molecular flexibility index (Phi) is 6.74. The number of aliphatic hydroxyl groups excluding tert-OH is 1. The average Bonchev–Trinajstić information content (AvgIpc) is 1.85. The third-order valence-electron chi connectivity index (χ3n) is 1.52. The lowest BCUT2D eigenvalue weighted by Gasteiger charge is -2.03. The first-order valence-corrected chi connectivity index (χ1v) is 2.82. The molecule has 64 valence electrons. The van der Waals surface area contributed by atoms with E-state index in [9.17, 15) is 0 Å². The van der Waals surface area contributed by atoms with Crippen LogP contribution in [0.3, 0.4) is 0 Å². The number of aliphatic hydroxyl groups is 1. The average molecular weight is 189 g/mol. The summed E-state index contributed by atoms with van der Waals surface area (Å²) < 4.78 is 0. The fourth-order valence-corrected chi connectivity index (χ4v) is 1.01. The van der Waals surface area contributed by atoms with Gasteiger partial charge >= 0.3 is 0 Å². The lowest BCUT2D eigenvalue weighted by molar-refractivity contribution is 0.169. The van der Waals surface area contributed by atoms with Crippen molar-refractivity contribution in [2.24, 2.45) is 5.73 Å². The minimum atomic E-state index is -0.306. The predicted molar refractivity (Wildman–Crippen MR) is 46.0 cm³/mol. The minimum Gasteiger partial charge on any atom is -0.390 e. The van der Waals surface area contributed by atoms with Crippen molar-refractivity contribution in [3.63, 3.8) is 0 Å². The zero-order valence-electron chi connectivity index (χ0n) is 5.86. The molecular weight excluding hydrogens is 175 g/mol. The van der Waals surface area contributed by atoms with Gasteiger partial charge in [0.2, 0.25) is 0 Å². The van der Waals surface area contributed by atoms with Crippen molar-refractivity contribution in [3.05, 3.63) is 0 Å². The second kappa shape index (κ2) is 5.16. The van der Waals surface area contributed by atoms with Crippen LogP contribution < -0.4 is 5.73 Å². The highest BCUT2D eigenvalue weighted by Crippen LogP contribution is 2.03. The van der Waals surface area contributed by atoms with Crippen molar-refractivity contribution < 1.29 is 5.11 Å². The molecule has 1 aliphatic rings. The number of rotatable bonds is 0. The van der Waals surface area contributed by atoms with Gasteiger partial charge in [0, 0.05) is 19.1 Å². The molecule has 0 bridgehead atoms. The number of likely N-dealkylation sites (N-methyl/N-ethyl adjacent to an activating group) is 1. The molecule has 0 aromatic carbocycles. The molecule has 3 N–H and O–H groups in total. The predicted octanol–water partition coefficient (Wildman–Crippen LogP) is -0.536. The molecule has 0 spiro atoms. The Morgan fingerprint density at radius 1 is 1.40 bits per heavy atom. The van der Waals surface area contributed by atoms with E-state index in [4.69, 9.17) is 10.8 Å². The Morgan fingerprint density at radius 3 is 2.00 bits per heavy atom. The minimum absolute atomic E-state index is 0. The fraction of sp³-hybridized carbons (Fsp3) is 1.00. The Hall–Kier alpha value is 0.460. The van der Waals surface area contributed by atoms with Gasteiger partial charge in [0.15, 0.2) is 0 Å². The van der Waals surface area contributed by atoms with E-state index in [2.05, 4.69) is 0 Å². The molecule has 10 heavy (non-hydrogen) atoms. The van der Waals surface area contributed by atoms with E-state index in [1.165, 1.54) is 0 Å². The van der Waals surface area contributed by atoms with Crippen LogP contribution in [0.15, 0.2) is 0 Å². The van der Waals surface area contributed by atoms with Crippen molar-refractivity contribution in [2.45, 2.75) is 12.1 Å². The smallest absolute Gasteiger partial charge is 0.0830 e. The van der Waals surface area contributed by atoms with Crippen LogP contribution in [-0.2, 0) is 0 Å². The maximum absolute atomic E-state index is 9.00. The molecule has 0 saturated carbocycles. The van der Waals surface area contributed by atoms with Crippen LogP contribution in [-0.4, -0.2) is 42.3 Å². The van der Waals surface area contributed by atoms with E-state index in [-0.39, 0.29) is 37.0 Å². The van der Waals surface area contributed by atoms with Crippen molar-refractivity contribution in [3.8, 4) is 0 Å². The van der Waals surface area contributed by atoms with E-state index < -0.39 is 0 Å². The zero-order valence-corrected chi connectivity index (χ0v) is 7.49. The molecule has 0 radical (unpaired) electrons. The molecule has 0 unspecified atom stereocenters. The number of β-amino-alcohol motifs (C(OH)–C–C–N with tert-alkyl or cyclic N) is 1.